The Balaban J connectivity index is 1.71. The summed E-state index contributed by atoms with van der Waals surface area (Å²) in [5, 5.41) is 0. The molecule has 1 aromatic heterocycles. The normalized spacial score (nSPS) is 21.8. The maximum absolute atomic E-state index is 14.1. The Bertz CT molecular complexity index is 735. The van der Waals surface area contributed by atoms with Gasteiger partial charge in [0.15, 0.2) is 0 Å². The highest BCUT2D eigenvalue weighted by Crippen LogP contribution is 2.27. The van der Waals surface area contributed by atoms with Gasteiger partial charge in [0.25, 0.3) is 0 Å². The Morgan fingerprint density at radius 2 is 1.77 bits per heavy atom. The number of halogens is 1. The lowest BCUT2D eigenvalue weighted by Gasteiger charge is -2.40. The van der Waals surface area contributed by atoms with Crippen molar-refractivity contribution in [3.05, 3.63) is 23.5 Å². The predicted octanol–water partition coefficient (Wildman–Crippen LogP) is 2.08. The van der Waals surface area contributed by atoms with Crippen molar-refractivity contribution in [1.29, 1.82) is 0 Å². The number of pyridine rings is 1. The van der Waals surface area contributed by atoms with Gasteiger partial charge in [0.1, 0.15) is 10.6 Å². The quantitative estimate of drug-likeness (QED) is 0.794. The average Bonchev–Trinajstić information content (AvgIpc) is 2.61. The van der Waals surface area contributed by atoms with Gasteiger partial charge in [-0.3, -0.25) is 9.88 Å². The molecule has 0 N–H and O–H groups in total. The third kappa shape index (κ3) is 4.08. The van der Waals surface area contributed by atoms with Crippen LogP contribution in [0.1, 0.15) is 38.1 Å². The summed E-state index contributed by atoms with van der Waals surface area (Å²) in [6.45, 7) is 8.41. The van der Waals surface area contributed by atoms with Crippen LogP contribution in [0.3, 0.4) is 0 Å². The molecule has 0 bridgehead atoms. The van der Waals surface area contributed by atoms with Gasteiger partial charge in [-0.15, -0.1) is 0 Å². The summed E-state index contributed by atoms with van der Waals surface area (Å²) in [5.74, 6) is 0. The molecule has 0 spiro atoms. The molecule has 2 saturated heterocycles. The second-order valence-electron chi connectivity index (χ2n) is 7.54. The van der Waals surface area contributed by atoms with Crippen LogP contribution in [0.15, 0.2) is 17.0 Å². The van der Waals surface area contributed by atoms with E-state index in [4.69, 9.17) is 4.74 Å². The van der Waals surface area contributed by atoms with Crippen molar-refractivity contribution in [2.75, 3.05) is 39.4 Å². The first kappa shape index (κ1) is 19.7. The number of sulfonamides is 1. The minimum Gasteiger partial charge on any atom is -0.381 e. The average molecular weight is 386 g/mol. The monoisotopic (exact) mass is 385 g/mol. The van der Waals surface area contributed by atoms with Crippen molar-refractivity contribution in [3.63, 3.8) is 0 Å². The highest BCUT2D eigenvalue weighted by molar-refractivity contribution is 7.89. The largest absolute Gasteiger partial charge is 0.381 e. The maximum atomic E-state index is 14.1. The van der Waals surface area contributed by atoms with Crippen LogP contribution in [0.25, 0.3) is 0 Å². The third-order valence-corrected chi connectivity index (χ3v) is 7.28. The first-order valence-electron chi connectivity index (χ1n) is 9.18. The molecule has 0 amide bonds. The van der Waals surface area contributed by atoms with Crippen LogP contribution >= 0.6 is 0 Å². The molecule has 146 valence electrons. The molecule has 0 aliphatic carbocycles. The molecule has 0 atom stereocenters. The lowest BCUT2D eigenvalue weighted by molar-refractivity contribution is 0.0229. The van der Waals surface area contributed by atoms with Gasteiger partial charge in [-0.1, -0.05) is 0 Å². The number of hydrogen-bond donors (Lipinski definition) is 0. The second kappa shape index (κ2) is 7.50. The molecule has 0 saturated carbocycles. The Labute approximate surface area is 155 Å². The summed E-state index contributed by atoms with van der Waals surface area (Å²) in [5.41, 5.74) is -0.999. The number of alkyl halides is 1. The van der Waals surface area contributed by atoms with E-state index in [0.717, 1.165) is 39.1 Å². The number of hydrogen-bond acceptors (Lipinski definition) is 5. The summed E-state index contributed by atoms with van der Waals surface area (Å²) in [6, 6.07) is 3.44. The van der Waals surface area contributed by atoms with E-state index in [1.54, 1.807) is 6.92 Å². The van der Waals surface area contributed by atoms with Crippen molar-refractivity contribution < 1.29 is 17.5 Å². The summed E-state index contributed by atoms with van der Waals surface area (Å²) >= 11 is 0. The minimum absolute atomic E-state index is 0.171. The molecule has 0 unspecified atom stereocenters. The van der Waals surface area contributed by atoms with Crippen molar-refractivity contribution in [1.82, 2.24) is 14.2 Å². The summed E-state index contributed by atoms with van der Waals surface area (Å²) in [7, 11) is -3.61. The van der Waals surface area contributed by atoms with E-state index in [1.165, 1.54) is 30.3 Å². The molecule has 0 aromatic carbocycles. The fourth-order valence-electron chi connectivity index (χ4n) is 3.65. The zero-order valence-electron chi connectivity index (χ0n) is 15.7. The molecule has 0 radical (unpaired) electrons. The number of piperazine rings is 1. The van der Waals surface area contributed by atoms with Crippen molar-refractivity contribution >= 4 is 10.0 Å². The van der Waals surface area contributed by atoms with E-state index in [2.05, 4.69) is 9.88 Å². The van der Waals surface area contributed by atoms with Gasteiger partial charge in [-0.05, 0) is 45.7 Å². The number of nitrogens with zero attached hydrogens (tertiary/aromatic N) is 3. The number of aryl methyl sites for hydroxylation is 1. The lowest BCUT2D eigenvalue weighted by atomic mass is 10.1. The van der Waals surface area contributed by atoms with Crippen LogP contribution in [0.5, 0.6) is 0 Å². The fraction of sp³-hybridized carbons (Fsp3) is 0.722. The predicted molar refractivity (Wildman–Crippen MR) is 97.3 cm³/mol. The van der Waals surface area contributed by atoms with E-state index in [1.807, 2.05) is 0 Å². The number of ether oxygens (including phenoxy) is 1. The van der Waals surface area contributed by atoms with Gasteiger partial charge in [-0.25, -0.2) is 12.8 Å². The summed E-state index contributed by atoms with van der Waals surface area (Å²) < 4.78 is 47.0. The third-order valence-electron chi connectivity index (χ3n) is 5.24. The first-order valence-corrected chi connectivity index (χ1v) is 10.6. The Kier molecular flexibility index (Phi) is 5.67. The Hall–Kier alpha value is -1.09. The molecule has 3 rings (SSSR count). The highest BCUT2D eigenvalue weighted by atomic mass is 32.2. The van der Waals surface area contributed by atoms with Gasteiger partial charge in [-0.2, -0.15) is 4.31 Å². The Morgan fingerprint density at radius 3 is 2.31 bits per heavy atom. The molecule has 26 heavy (non-hydrogen) atoms. The van der Waals surface area contributed by atoms with Crippen molar-refractivity contribution in [2.24, 2.45) is 0 Å². The van der Waals surface area contributed by atoms with Gasteiger partial charge in [0.05, 0.1) is 11.4 Å². The molecular weight excluding hydrogens is 357 g/mol. The second-order valence-corrected chi connectivity index (χ2v) is 9.44. The summed E-state index contributed by atoms with van der Waals surface area (Å²) in [4.78, 5) is 6.73. The molecule has 2 aliphatic rings. The molecule has 2 fully saturated rings. The van der Waals surface area contributed by atoms with Crippen molar-refractivity contribution in [2.45, 2.75) is 50.2 Å². The minimum atomic E-state index is -3.61. The van der Waals surface area contributed by atoms with Crippen LogP contribution in [-0.2, 0) is 20.4 Å². The van der Waals surface area contributed by atoms with E-state index in [-0.39, 0.29) is 10.6 Å². The van der Waals surface area contributed by atoms with Crippen molar-refractivity contribution in [3.8, 4) is 0 Å². The van der Waals surface area contributed by atoms with Gasteiger partial charge in [0, 0.05) is 45.4 Å². The SMILES string of the molecule is Cc1nc(C(C)(C)F)ccc1S(=O)(=O)N1CCN(C2CCOCC2)CC1. The first-order chi connectivity index (χ1) is 12.2. The molecule has 1 aromatic rings. The zero-order valence-corrected chi connectivity index (χ0v) is 16.6. The number of rotatable bonds is 4. The summed E-state index contributed by atoms with van der Waals surface area (Å²) in [6.07, 6.45) is 2.02. The lowest BCUT2D eigenvalue weighted by Crippen LogP contribution is -2.53. The molecule has 3 heterocycles. The van der Waals surface area contributed by atoms with E-state index in [9.17, 15) is 12.8 Å². The Morgan fingerprint density at radius 1 is 1.15 bits per heavy atom. The molecule has 6 nitrogen and oxygen atoms in total. The highest BCUT2D eigenvalue weighted by Gasteiger charge is 2.33. The molecule has 2 aliphatic heterocycles. The van der Waals surface area contributed by atoms with Gasteiger partial charge >= 0.3 is 0 Å². The maximum Gasteiger partial charge on any atom is 0.244 e. The van der Waals surface area contributed by atoms with Crippen LogP contribution in [0.2, 0.25) is 0 Å². The van der Waals surface area contributed by atoms with E-state index >= 15 is 0 Å². The molecular formula is C18H28FN3O3S. The standard InChI is InChI=1S/C18H28FN3O3S/c1-14-16(4-5-17(20-14)18(2,3)19)26(23,24)22-10-8-21(9-11-22)15-6-12-25-13-7-15/h4-5,15H,6-13H2,1-3H3. The van der Waals surface area contributed by atoms with E-state index in [0.29, 0.717) is 24.8 Å². The van der Waals surface area contributed by atoms with Crippen LogP contribution in [0, 0.1) is 6.92 Å². The smallest absolute Gasteiger partial charge is 0.244 e. The topological polar surface area (TPSA) is 62.7 Å². The van der Waals surface area contributed by atoms with Crippen LogP contribution in [-0.4, -0.2) is 68.0 Å². The van der Waals surface area contributed by atoms with E-state index < -0.39 is 15.7 Å². The van der Waals surface area contributed by atoms with Gasteiger partial charge in [0.2, 0.25) is 10.0 Å². The van der Waals surface area contributed by atoms with Crippen LogP contribution < -0.4 is 0 Å². The molecule has 8 heteroatoms. The van der Waals surface area contributed by atoms with Crippen LogP contribution in [0.4, 0.5) is 4.39 Å². The zero-order chi connectivity index (χ0) is 18.9. The fourth-order valence-corrected chi connectivity index (χ4v) is 5.23. The van der Waals surface area contributed by atoms with Gasteiger partial charge < -0.3 is 4.74 Å². The number of aromatic nitrogens is 1.